The molecule has 27 heavy (non-hydrogen) atoms. The molecule has 150 valence electrons. The van der Waals surface area contributed by atoms with E-state index in [4.69, 9.17) is 0 Å². The van der Waals surface area contributed by atoms with Crippen LogP contribution in [0, 0.1) is 17.6 Å². The number of benzene rings is 1. The number of carbonyl (C=O) groups is 1. The van der Waals surface area contributed by atoms with Gasteiger partial charge < -0.3 is 15.5 Å². The number of hydrogen-bond acceptors (Lipinski definition) is 3. The van der Waals surface area contributed by atoms with Crippen LogP contribution >= 0.6 is 0 Å². The van der Waals surface area contributed by atoms with Crippen molar-refractivity contribution in [2.75, 3.05) is 44.2 Å². The van der Waals surface area contributed by atoms with Crippen LogP contribution in [0.2, 0.25) is 0 Å². The van der Waals surface area contributed by atoms with Gasteiger partial charge in [-0.2, -0.15) is 0 Å². The van der Waals surface area contributed by atoms with E-state index in [1.165, 1.54) is 25.3 Å². The number of hydrogen-bond donors (Lipinski definition) is 2. The normalized spacial score (nSPS) is 23.4. The van der Waals surface area contributed by atoms with Crippen LogP contribution in [0.1, 0.15) is 32.6 Å². The van der Waals surface area contributed by atoms with E-state index in [9.17, 15) is 13.6 Å². The van der Waals surface area contributed by atoms with Gasteiger partial charge in [-0.1, -0.05) is 6.42 Å². The number of anilines is 1. The van der Waals surface area contributed by atoms with Crippen LogP contribution in [-0.4, -0.2) is 56.2 Å². The summed E-state index contributed by atoms with van der Waals surface area (Å²) in [4.78, 5) is 16.5. The number of rotatable bonds is 6. The van der Waals surface area contributed by atoms with Gasteiger partial charge in [0.05, 0.1) is 0 Å². The topological polar surface area (TPSA) is 47.6 Å². The third-order valence-corrected chi connectivity index (χ3v) is 5.73. The van der Waals surface area contributed by atoms with E-state index in [1.54, 1.807) is 6.07 Å². The van der Waals surface area contributed by atoms with Gasteiger partial charge >= 0.3 is 6.03 Å². The molecule has 0 spiro atoms. The molecule has 1 aromatic rings. The zero-order valence-electron chi connectivity index (χ0n) is 16.0. The molecule has 5 nitrogen and oxygen atoms in total. The Kier molecular flexibility index (Phi) is 6.88. The first-order valence-corrected chi connectivity index (χ1v) is 9.98. The Hall–Kier alpha value is -1.89. The lowest BCUT2D eigenvalue weighted by Crippen LogP contribution is -2.45. The summed E-state index contributed by atoms with van der Waals surface area (Å²) >= 11 is 0. The maximum Gasteiger partial charge on any atom is 0.314 e. The van der Waals surface area contributed by atoms with Crippen LogP contribution < -0.4 is 15.5 Å². The Morgan fingerprint density at radius 3 is 2.78 bits per heavy atom. The highest BCUT2D eigenvalue weighted by atomic mass is 19.2. The van der Waals surface area contributed by atoms with Gasteiger partial charge in [0, 0.05) is 50.5 Å². The van der Waals surface area contributed by atoms with Crippen LogP contribution in [0.4, 0.5) is 19.3 Å². The third kappa shape index (κ3) is 5.54. The molecule has 3 rings (SSSR count). The first kappa shape index (κ1) is 19.9. The zero-order chi connectivity index (χ0) is 19.2. The monoisotopic (exact) mass is 380 g/mol. The Labute approximate surface area is 160 Å². The molecule has 0 radical (unpaired) electrons. The molecular weight excluding hydrogens is 350 g/mol. The number of nitrogens with zero attached hydrogens (tertiary/aromatic N) is 2. The predicted octanol–water partition coefficient (Wildman–Crippen LogP) is 2.96. The maximum atomic E-state index is 13.4. The molecule has 2 unspecified atom stereocenters. The lowest BCUT2D eigenvalue weighted by molar-refractivity contribution is 0.161. The van der Waals surface area contributed by atoms with Crippen molar-refractivity contribution in [2.24, 2.45) is 5.92 Å². The van der Waals surface area contributed by atoms with E-state index in [2.05, 4.69) is 22.5 Å². The zero-order valence-corrected chi connectivity index (χ0v) is 16.0. The second-order valence-corrected chi connectivity index (χ2v) is 7.72. The molecule has 2 atom stereocenters. The van der Waals surface area contributed by atoms with E-state index in [0.717, 1.165) is 38.7 Å². The molecule has 0 aliphatic carbocycles. The van der Waals surface area contributed by atoms with Crippen molar-refractivity contribution >= 4 is 11.7 Å². The smallest absolute Gasteiger partial charge is 0.314 e. The Morgan fingerprint density at radius 1 is 1.15 bits per heavy atom. The first-order chi connectivity index (χ1) is 13.0. The molecule has 0 aromatic heterocycles. The predicted molar refractivity (Wildman–Crippen MR) is 103 cm³/mol. The molecule has 0 saturated carbocycles. The largest absolute Gasteiger partial charge is 0.371 e. The van der Waals surface area contributed by atoms with E-state index < -0.39 is 11.6 Å². The van der Waals surface area contributed by atoms with Gasteiger partial charge in [0.1, 0.15) is 0 Å². The summed E-state index contributed by atoms with van der Waals surface area (Å²) < 4.78 is 26.5. The number of nitrogens with one attached hydrogen (secondary N) is 2. The van der Waals surface area contributed by atoms with E-state index in [-0.39, 0.29) is 6.03 Å². The second-order valence-electron chi connectivity index (χ2n) is 7.72. The fraction of sp³-hybridized carbons (Fsp3) is 0.650. The van der Waals surface area contributed by atoms with Crippen LogP contribution in [0.3, 0.4) is 0 Å². The highest BCUT2D eigenvalue weighted by molar-refractivity contribution is 5.73. The maximum absolute atomic E-state index is 13.4. The van der Waals surface area contributed by atoms with E-state index in [0.29, 0.717) is 30.7 Å². The molecular formula is C20H30F2N4O. The highest BCUT2D eigenvalue weighted by Gasteiger charge is 2.24. The lowest BCUT2D eigenvalue weighted by atomic mass is 10.0. The summed E-state index contributed by atoms with van der Waals surface area (Å²) in [5, 5.41) is 5.87. The number of halogens is 2. The minimum Gasteiger partial charge on any atom is -0.371 e. The number of amides is 2. The van der Waals surface area contributed by atoms with Crippen molar-refractivity contribution in [3.05, 3.63) is 29.8 Å². The number of urea groups is 1. The fourth-order valence-corrected chi connectivity index (χ4v) is 4.02. The minimum atomic E-state index is -0.827. The van der Waals surface area contributed by atoms with Crippen LogP contribution in [0.15, 0.2) is 18.2 Å². The van der Waals surface area contributed by atoms with E-state index in [1.807, 2.05) is 4.90 Å². The summed E-state index contributed by atoms with van der Waals surface area (Å²) in [6.07, 6.45) is 4.70. The molecule has 2 N–H and O–H groups in total. The van der Waals surface area contributed by atoms with Crippen molar-refractivity contribution in [1.29, 1.82) is 0 Å². The average Bonchev–Trinajstić information content (AvgIpc) is 3.13. The molecule has 7 heteroatoms. The van der Waals surface area contributed by atoms with Crippen LogP contribution in [-0.2, 0) is 0 Å². The third-order valence-electron chi connectivity index (χ3n) is 5.73. The number of likely N-dealkylation sites (tertiary alicyclic amines) is 1. The summed E-state index contributed by atoms with van der Waals surface area (Å²) in [6, 6.07) is 4.46. The summed E-state index contributed by atoms with van der Waals surface area (Å²) in [6.45, 7) is 7.02. The van der Waals surface area contributed by atoms with Gasteiger partial charge in [-0.15, -0.1) is 0 Å². The standard InChI is InChI=1S/C20H30F2N4O/c1-15-4-2-3-9-25(15)11-8-23-20(27)24-13-16-7-10-26(14-16)17-5-6-18(21)19(22)12-17/h5-6,12,15-16H,2-4,7-11,13-14H2,1H3,(H2,23,24,27). The highest BCUT2D eigenvalue weighted by Crippen LogP contribution is 2.25. The van der Waals surface area contributed by atoms with Gasteiger partial charge in [-0.25, -0.2) is 13.6 Å². The quantitative estimate of drug-likeness (QED) is 0.798. The van der Waals surface area contributed by atoms with Gasteiger partial charge in [0.25, 0.3) is 0 Å². The minimum absolute atomic E-state index is 0.133. The lowest BCUT2D eigenvalue weighted by Gasteiger charge is -2.33. The molecule has 2 saturated heterocycles. The summed E-state index contributed by atoms with van der Waals surface area (Å²) in [7, 11) is 0. The molecule has 2 aliphatic rings. The summed E-state index contributed by atoms with van der Waals surface area (Å²) in [5.41, 5.74) is 0.691. The molecule has 2 heterocycles. The molecule has 1 aromatic carbocycles. The van der Waals surface area contributed by atoms with Crippen molar-refractivity contribution in [1.82, 2.24) is 15.5 Å². The summed E-state index contributed by atoms with van der Waals surface area (Å²) in [5.74, 6) is -1.34. The van der Waals surface area contributed by atoms with Crippen LogP contribution in [0.25, 0.3) is 0 Å². The van der Waals surface area contributed by atoms with Crippen molar-refractivity contribution < 1.29 is 13.6 Å². The van der Waals surface area contributed by atoms with Crippen molar-refractivity contribution in [2.45, 2.75) is 38.6 Å². The van der Waals surface area contributed by atoms with E-state index >= 15 is 0 Å². The SMILES string of the molecule is CC1CCCCN1CCNC(=O)NCC1CCN(c2ccc(F)c(F)c2)C1. The van der Waals surface area contributed by atoms with Gasteiger partial charge in [-0.05, 0) is 50.8 Å². The van der Waals surface area contributed by atoms with Gasteiger partial charge in [0.15, 0.2) is 11.6 Å². The average molecular weight is 380 g/mol. The molecule has 2 aliphatic heterocycles. The fourth-order valence-electron chi connectivity index (χ4n) is 4.02. The Bertz CT molecular complexity index is 642. The number of piperidine rings is 1. The molecule has 2 amide bonds. The first-order valence-electron chi connectivity index (χ1n) is 9.98. The molecule has 0 bridgehead atoms. The second kappa shape index (κ2) is 9.35. The Balaban J connectivity index is 1.34. The van der Waals surface area contributed by atoms with Crippen LogP contribution in [0.5, 0.6) is 0 Å². The number of carbonyl (C=O) groups excluding carboxylic acids is 1. The van der Waals surface area contributed by atoms with Crippen molar-refractivity contribution in [3.8, 4) is 0 Å². The Morgan fingerprint density at radius 2 is 2.00 bits per heavy atom. The molecule has 2 fully saturated rings. The van der Waals surface area contributed by atoms with Gasteiger partial charge in [0.2, 0.25) is 0 Å². The van der Waals surface area contributed by atoms with Crippen molar-refractivity contribution in [3.63, 3.8) is 0 Å². The van der Waals surface area contributed by atoms with Gasteiger partial charge in [-0.3, -0.25) is 4.90 Å².